The Kier molecular flexibility index (Phi) is 3.31. The second kappa shape index (κ2) is 4.07. The Morgan fingerprint density at radius 1 is 0.750 bits per heavy atom. The average Bonchev–Trinajstić information content (AvgIpc) is 2.23. The van der Waals surface area contributed by atoms with Gasteiger partial charge in [0.05, 0.1) is 0 Å². The van der Waals surface area contributed by atoms with E-state index in [1.165, 1.54) is 28.0 Å². The van der Waals surface area contributed by atoms with Crippen molar-refractivity contribution >= 4 is 7.28 Å². The zero-order chi connectivity index (χ0) is 12.7. The molecule has 0 aromatic heterocycles. The highest BCUT2D eigenvalue weighted by molar-refractivity contribution is 6.38. The van der Waals surface area contributed by atoms with Crippen molar-refractivity contribution in [1.29, 1.82) is 0 Å². The Bertz CT molecular complexity index is 399. The normalized spacial score (nSPS) is 11.8. The topological polar surface area (TPSA) is 0 Å². The van der Waals surface area contributed by atoms with Gasteiger partial charge in [-0.15, -0.1) is 0 Å². The molecule has 6 heteroatoms. The monoisotopic (exact) mass is 235 g/mol. The summed E-state index contributed by atoms with van der Waals surface area (Å²) in [5.74, 6) is -9.52. The summed E-state index contributed by atoms with van der Waals surface area (Å²) in [6, 6.07) is 0. The smallest absolute Gasteiger partial charge is 0.200 e. The van der Waals surface area contributed by atoms with Gasteiger partial charge in [0.2, 0.25) is 5.82 Å². The largest absolute Gasteiger partial charge is 0.203 e. The highest BCUT2D eigenvalue weighted by atomic mass is 19.2. The zero-order valence-electron chi connectivity index (χ0n) is 8.97. The summed E-state index contributed by atoms with van der Waals surface area (Å²) in [4.78, 5) is 0. The van der Waals surface area contributed by atoms with Gasteiger partial charge in [0.1, 0.15) is 7.28 Å². The lowest BCUT2D eigenvalue weighted by molar-refractivity contribution is 0.362. The van der Waals surface area contributed by atoms with Crippen LogP contribution >= 0.6 is 0 Å². The highest BCUT2D eigenvalue weighted by Crippen LogP contribution is 2.31. The van der Waals surface area contributed by atoms with Crippen LogP contribution in [-0.2, 0) is 5.31 Å². The minimum absolute atomic E-state index is 0.814. The number of rotatable bonds is 2. The van der Waals surface area contributed by atoms with Crippen molar-refractivity contribution in [3.05, 3.63) is 34.6 Å². The van der Waals surface area contributed by atoms with Crippen molar-refractivity contribution in [2.24, 2.45) is 0 Å². The summed E-state index contributed by atoms with van der Waals surface area (Å²) in [5, 5.41) is -1.23. The van der Waals surface area contributed by atoms with E-state index >= 15 is 0 Å². The molecule has 0 saturated heterocycles. The van der Waals surface area contributed by atoms with Crippen LogP contribution < -0.4 is 0 Å². The Balaban J connectivity index is 3.65. The van der Waals surface area contributed by atoms with Crippen LogP contribution in [0, 0.1) is 29.1 Å². The van der Waals surface area contributed by atoms with E-state index in [4.69, 9.17) is 0 Å². The summed E-state index contributed by atoms with van der Waals surface area (Å²) in [5.41, 5.74) is -0.814. The molecule has 0 nitrogen and oxygen atoms in total. The second-order valence-corrected chi connectivity index (χ2v) is 3.96. The van der Waals surface area contributed by atoms with Gasteiger partial charge in [0.15, 0.2) is 23.3 Å². The van der Waals surface area contributed by atoms with E-state index in [1.807, 2.05) is 0 Å². The summed E-state index contributed by atoms with van der Waals surface area (Å²) >= 11 is 0. The molecule has 0 bridgehead atoms. The predicted octanol–water partition coefficient (Wildman–Crippen LogP) is 3.37. The molecule has 1 aromatic carbocycles. The van der Waals surface area contributed by atoms with Gasteiger partial charge in [-0.1, -0.05) is 20.7 Å². The molecule has 0 N–H and O–H groups in total. The number of hydrogen-bond acceptors (Lipinski definition) is 0. The lowest BCUT2D eigenvalue weighted by atomic mass is 9.53. The third-order valence-corrected chi connectivity index (χ3v) is 2.58. The van der Waals surface area contributed by atoms with Crippen molar-refractivity contribution in [2.75, 3.05) is 0 Å². The molecule has 0 heterocycles. The Morgan fingerprint density at radius 3 is 1.38 bits per heavy atom. The van der Waals surface area contributed by atoms with Crippen LogP contribution in [0.1, 0.15) is 19.4 Å². The van der Waals surface area contributed by atoms with Crippen LogP contribution in [0.25, 0.3) is 0 Å². The Morgan fingerprint density at radius 2 is 1.06 bits per heavy atom. The Labute approximate surface area is 90.7 Å². The minimum Gasteiger partial charge on any atom is -0.203 e. The molecule has 0 atom stereocenters. The highest BCUT2D eigenvalue weighted by Gasteiger charge is 2.33. The molecule has 0 saturated carbocycles. The van der Waals surface area contributed by atoms with Gasteiger partial charge in [-0.05, 0) is 5.31 Å². The molecule has 0 fully saturated rings. The van der Waals surface area contributed by atoms with Crippen molar-refractivity contribution in [1.82, 2.24) is 0 Å². The van der Waals surface area contributed by atoms with Gasteiger partial charge in [-0.2, -0.15) is 0 Å². The first-order valence-corrected chi connectivity index (χ1v) is 4.56. The van der Waals surface area contributed by atoms with Gasteiger partial charge in [0.25, 0.3) is 0 Å². The fourth-order valence-corrected chi connectivity index (χ4v) is 1.31. The van der Waals surface area contributed by atoms with Crippen LogP contribution in [0.2, 0.25) is 6.82 Å². The maximum Gasteiger partial charge on any atom is 0.200 e. The average molecular weight is 235 g/mol. The maximum atomic E-state index is 13.3. The number of halogens is 5. The molecule has 0 spiro atoms. The molecule has 0 aliphatic heterocycles. The third kappa shape index (κ3) is 1.81. The van der Waals surface area contributed by atoms with Crippen molar-refractivity contribution < 1.29 is 22.0 Å². The second-order valence-electron chi connectivity index (χ2n) is 3.96. The Hall–Kier alpha value is -1.07. The van der Waals surface area contributed by atoms with Crippen molar-refractivity contribution in [3.63, 3.8) is 0 Å². The third-order valence-electron chi connectivity index (χ3n) is 2.58. The molecule has 0 aliphatic carbocycles. The van der Waals surface area contributed by atoms with Crippen LogP contribution in [-0.4, -0.2) is 7.28 Å². The zero-order valence-corrected chi connectivity index (χ0v) is 8.97. The van der Waals surface area contributed by atoms with Gasteiger partial charge in [0, 0.05) is 5.56 Å². The summed E-state index contributed by atoms with van der Waals surface area (Å²) in [6.07, 6.45) is 0. The van der Waals surface area contributed by atoms with Crippen molar-refractivity contribution in [3.8, 4) is 0 Å². The lowest BCUT2D eigenvalue weighted by Gasteiger charge is -2.24. The predicted molar refractivity (Wildman–Crippen MR) is 50.9 cm³/mol. The van der Waals surface area contributed by atoms with E-state index in [0.29, 0.717) is 0 Å². The quantitative estimate of drug-likeness (QED) is 0.319. The molecule has 0 amide bonds. The summed E-state index contributed by atoms with van der Waals surface area (Å²) in [6.45, 7) is 4.22. The molecular formula is C10H9BF5. The molecule has 1 rings (SSSR count). The van der Waals surface area contributed by atoms with Gasteiger partial charge < -0.3 is 0 Å². The first-order chi connectivity index (χ1) is 7.24. The van der Waals surface area contributed by atoms with E-state index in [-0.39, 0.29) is 0 Å². The van der Waals surface area contributed by atoms with E-state index < -0.39 is 40.0 Å². The number of benzene rings is 1. The van der Waals surface area contributed by atoms with E-state index in [2.05, 4.69) is 0 Å². The van der Waals surface area contributed by atoms with Gasteiger partial charge in [-0.3, -0.25) is 0 Å². The minimum atomic E-state index is -2.13. The summed E-state index contributed by atoms with van der Waals surface area (Å²) < 4.78 is 65.2. The molecular weight excluding hydrogens is 226 g/mol. The first-order valence-electron chi connectivity index (χ1n) is 4.56. The number of hydrogen-bond donors (Lipinski definition) is 0. The van der Waals surface area contributed by atoms with Gasteiger partial charge >= 0.3 is 0 Å². The van der Waals surface area contributed by atoms with Gasteiger partial charge in [-0.25, -0.2) is 22.0 Å². The molecule has 0 unspecified atom stereocenters. The van der Waals surface area contributed by atoms with Crippen molar-refractivity contribution in [2.45, 2.75) is 26.0 Å². The lowest BCUT2D eigenvalue weighted by Crippen LogP contribution is -2.28. The SMILES string of the molecule is C[B]C(C)(C)c1c(F)c(F)c(F)c(F)c1F. The maximum absolute atomic E-state index is 13.3. The van der Waals surface area contributed by atoms with E-state index in [9.17, 15) is 22.0 Å². The molecule has 1 radical (unpaired) electrons. The first kappa shape index (κ1) is 13.0. The molecule has 16 heavy (non-hydrogen) atoms. The van der Waals surface area contributed by atoms with Crippen LogP contribution in [0.4, 0.5) is 22.0 Å². The fraction of sp³-hybridized carbons (Fsp3) is 0.400. The molecule has 87 valence electrons. The molecule has 0 aliphatic rings. The van der Waals surface area contributed by atoms with Crippen LogP contribution in [0.15, 0.2) is 0 Å². The van der Waals surface area contributed by atoms with E-state index in [1.54, 1.807) is 0 Å². The van der Waals surface area contributed by atoms with E-state index in [0.717, 1.165) is 0 Å². The van der Waals surface area contributed by atoms with Crippen LogP contribution in [0.3, 0.4) is 0 Å². The fourth-order valence-electron chi connectivity index (χ4n) is 1.31. The summed E-state index contributed by atoms with van der Waals surface area (Å²) in [7, 11) is 1.37. The van der Waals surface area contributed by atoms with Crippen LogP contribution in [0.5, 0.6) is 0 Å². The molecule has 1 aromatic rings. The standard InChI is InChI=1S/C10H9BF5/c1-10(2,11-3)4-5(12)7(14)9(16)8(15)6(4)13/h1-3H3.